The van der Waals surface area contributed by atoms with Gasteiger partial charge in [0, 0.05) is 20.2 Å². The summed E-state index contributed by atoms with van der Waals surface area (Å²) in [5, 5.41) is 3.46. The Hall–Kier alpha value is -0.900. The molecule has 0 saturated carbocycles. The van der Waals surface area contributed by atoms with Gasteiger partial charge in [-0.1, -0.05) is 31.2 Å². The number of ether oxygens (including phenoxy) is 1. The van der Waals surface area contributed by atoms with Gasteiger partial charge < -0.3 is 10.1 Å². The molecule has 0 aliphatic carbocycles. The normalized spacial score (nSPS) is 16.5. The van der Waals surface area contributed by atoms with E-state index in [1.54, 1.807) is 7.11 Å². The van der Waals surface area contributed by atoms with Crippen molar-refractivity contribution < 1.29 is 4.74 Å². The Kier molecular flexibility index (Phi) is 7.20. The van der Waals surface area contributed by atoms with Gasteiger partial charge in [-0.25, -0.2) is 0 Å². The summed E-state index contributed by atoms with van der Waals surface area (Å²) in [6, 6.07) is 8.82. The molecule has 21 heavy (non-hydrogen) atoms. The van der Waals surface area contributed by atoms with E-state index >= 15 is 0 Å². The third kappa shape index (κ3) is 5.77. The van der Waals surface area contributed by atoms with E-state index in [-0.39, 0.29) is 0 Å². The molecule has 0 aromatic heterocycles. The zero-order valence-corrected chi connectivity index (χ0v) is 13.6. The lowest BCUT2D eigenvalue weighted by Gasteiger charge is -2.30. The lowest BCUT2D eigenvalue weighted by Crippen LogP contribution is -2.36. The third-order valence-electron chi connectivity index (χ3n) is 4.22. The molecule has 0 radical (unpaired) electrons. The van der Waals surface area contributed by atoms with Crippen LogP contribution in [-0.4, -0.2) is 38.2 Å². The fourth-order valence-corrected chi connectivity index (χ4v) is 3.22. The monoisotopic (exact) mass is 290 g/mol. The summed E-state index contributed by atoms with van der Waals surface area (Å²) >= 11 is 0. The van der Waals surface area contributed by atoms with Crippen LogP contribution < -0.4 is 5.32 Å². The average molecular weight is 290 g/mol. The quantitative estimate of drug-likeness (QED) is 0.796. The van der Waals surface area contributed by atoms with Crippen molar-refractivity contribution in [1.82, 2.24) is 10.2 Å². The van der Waals surface area contributed by atoms with Crippen molar-refractivity contribution in [1.29, 1.82) is 0 Å². The molecule has 1 aromatic rings. The molecule has 1 N–H and O–H groups in total. The van der Waals surface area contributed by atoms with Gasteiger partial charge in [-0.05, 0) is 55.9 Å². The van der Waals surface area contributed by atoms with Crippen LogP contribution in [0.3, 0.4) is 0 Å². The van der Waals surface area contributed by atoms with E-state index in [2.05, 4.69) is 41.4 Å². The Bertz CT molecular complexity index is 402. The summed E-state index contributed by atoms with van der Waals surface area (Å²) in [7, 11) is 1.76. The van der Waals surface area contributed by atoms with E-state index in [1.807, 2.05) is 0 Å². The number of rotatable bonds is 8. The van der Waals surface area contributed by atoms with E-state index in [4.69, 9.17) is 4.74 Å². The summed E-state index contributed by atoms with van der Waals surface area (Å²) in [4.78, 5) is 2.63. The van der Waals surface area contributed by atoms with Crippen LogP contribution in [0.15, 0.2) is 24.3 Å². The van der Waals surface area contributed by atoms with Crippen LogP contribution >= 0.6 is 0 Å². The molecule has 1 saturated heterocycles. The first-order valence-corrected chi connectivity index (χ1v) is 8.31. The van der Waals surface area contributed by atoms with Gasteiger partial charge in [0.1, 0.15) is 0 Å². The van der Waals surface area contributed by atoms with E-state index in [1.165, 1.54) is 56.6 Å². The molecule has 0 spiro atoms. The molecule has 1 aliphatic rings. The minimum atomic E-state index is 0.704. The lowest BCUT2D eigenvalue weighted by atomic mass is 9.97. The number of hydrogen-bond acceptors (Lipinski definition) is 3. The van der Waals surface area contributed by atoms with Gasteiger partial charge in [-0.15, -0.1) is 0 Å². The Morgan fingerprint density at radius 1 is 1.24 bits per heavy atom. The van der Waals surface area contributed by atoms with Crippen molar-refractivity contribution in [3.05, 3.63) is 35.4 Å². The van der Waals surface area contributed by atoms with Crippen molar-refractivity contribution in [2.45, 2.75) is 39.3 Å². The predicted octanol–water partition coefficient (Wildman–Crippen LogP) is 3.04. The smallest absolute Gasteiger partial charge is 0.0713 e. The third-order valence-corrected chi connectivity index (χ3v) is 4.22. The largest absolute Gasteiger partial charge is 0.380 e. The molecule has 1 heterocycles. The van der Waals surface area contributed by atoms with E-state index in [0.717, 1.165) is 12.5 Å². The highest BCUT2D eigenvalue weighted by Crippen LogP contribution is 2.16. The minimum absolute atomic E-state index is 0.704. The SMILES string of the molecule is CCCN(Cc1cccc(COC)c1)CC1CCNCC1. The van der Waals surface area contributed by atoms with E-state index < -0.39 is 0 Å². The van der Waals surface area contributed by atoms with Crippen LogP contribution in [0, 0.1) is 5.92 Å². The molecule has 0 unspecified atom stereocenters. The highest BCUT2D eigenvalue weighted by Gasteiger charge is 2.16. The first-order valence-electron chi connectivity index (χ1n) is 8.31. The summed E-state index contributed by atoms with van der Waals surface area (Å²) in [5.41, 5.74) is 2.68. The fourth-order valence-electron chi connectivity index (χ4n) is 3.22. The molecule has 3 heteroatoms. The molecular formula is C18H30N2O. The van der Waals surface area contributed by atoms with E-state index in [0.29, 0.717) is 6.61 Å². The number of hydrogen-bond donors (Lipinski definition) is 1. The van der Waals surface area contributed by atoms with Crippen LogP contribution in [0.4, 0.5) is 0 Å². The Labute approximate surface area is 129 Å². The molecule has 118 valence electrons. The number of benzene rings is 1. The van der Waals surface area contributed by atoms with Gasteiger partial charge in [0.25, 0.3) is 0 Å². The second-order valence-corrected chi connectivity index (χ2v) is 6.18. The number of piperidine rings is 1. The zero-order valence-electron chi connectivity index (χ0n) is 13.6. The minimum Gasteiger partial charge on any atom is -0.380 e. The van der Waals surface area contributed by atoms with Crippen molar-refractivity contribution in [2.75, 3.05) is 33.3 Å². The molecule has 0 atom stereocenters. The molecule has 2 rings (SSSR count). The first-order chi connectivity index (χ1) is 10.3. The summed E-state index contributed by atoms with van der Waals surface area (Å²) in [5.74, 6) is 0.861. The molecule has 0 bridgehead atoms. The van der Waals surface area contributed by atoms with E-state index in [9.17, 15) is 0 Å². The Morgan fingerprint density at radius 2 is 2.00 bits per heavy atom. The topological polar surface area (TPSA) is 24.5 Å². The van der Waals surface area contributed by atoms with Gasteiger partial charge in [0.2, 0.25) is 0 Å². The summed E-state index contributed by atoms with van der Waals surface area (Å²) in [6.45, 7) is 8.85. The summed E-state index contributed by atoms with van der Waals surface area (Å²) < 4.78 is 5.24. The maximum Gasteiger partial charge on any atom is 0.0713 e. The van der Waals surface area contributed by atoms with Crippen LogP contribution in [0.25, 0.3) is 0 Å². The maximum absolute atomic E-state index is 5.24. The Balaban J connectivity index is 1.92. The maximum atomic E-state index is 5.24. The van der Waals surface area contributed by atoms with Crippen molar-refractivity contribution >= 4 is 0 Å². The van der Waals surface area contributed by atoms with Crippen LogP contribution in [-0.2, 0) is 17.9 Å². The van der Waals surface area contributed by atoms with Crippen molar-refractivity contribution in [2.24, 2.45) is 5.92 Å². The average Bonchev–Trinajstić information content (AvgIpc) is 2.49. The van der Waals surface area contributed by atoms with Gasteiger partial charge in [-0.2, -0.15) is 0 Å². The van der Waals surface area contributed by atoms with Gasteiger partial charge in [0.05, 0.1) is 6.61 Å². The number of methoxy groups -OCH3 is 1. The van der Waals surface area contributed by atoms with Crippen LogP contribution in [0.2, 0.25) is 0 Å². The number of nitrogens with zero attached hydrogens (tertiary/aromatic N) is 1. The molecule has 3 nitrogen and oxygen atoms in total. The lowest BCUT2D eigenvalue weighted by molar-refractivity contribution is 0.184. The Morgan fingerprint density at radius 3 is 2.71 bits per heavy atom. The molecule has 1 aliphatic heterocycles. The number of nitrogens with one attached hydrogen (secondary N) is 1. The molecule has 1 aromatic carbocycles. The van der Waals surface area contributed by atoms with Crippen LogP contribution in [0.5, 0.6) is 0 Å². The standard InChI is InChI=1S/C18H30N2O/c1-3-11-20(13-16-7-9-19-10-8-16)14-17-5-4-6-18(12-17)15-21-2/h4-6,12,16,19H,3,7-11,13-15H2,1-2H3. The molecule has 1 fully saturated rings. The predicted molar refractivity (Wildman–Crippen MR) is 88.3 cm³/mol. The van der Waals surface area contributed by atoms with Crippen LogP contribution in [0.1, 0.15) is 37.3 Å². The first kappa shape index (κ1) is 16.5. The van der Waals surface area contributed by atoms with Gasteiger partial charge in [-0.3, -0.25) is 4.90 Å². The van der Waals surface area contributed by atoms with Crippen molar-refractivity contribution in [3.8, 4) is 0 Å². The second-order valence-electron chi connectivity index (χ2n) is 6.18. The highest BCUT2D eigenvalue weighted by atomic mass is 16.5. The summed E-state index contributed by atoms with van der Waals surface area (Å²) in [6.07, 6.45) is 3.87. The fraction of sp³-hybridized carbons (Fsp3) is 0.667. The molecular weight excluding hydrogens is 260 g/mol. The second kappa shape index (κ2) is 9.19. The van der Waals surface area contributed by atoms with Gasteiger partial charge in [0.15, 0.2) is 0 Å². The van der Waals surface area contributed by atoms with Crippen molar-refractivity contribution in [3.63, 3.8) is 0 Å². The zero-order chi connectivity index (χ0) is 14.9. The van der Waals surface area contributed by atoms with Gasteiger partial charge >= 0.3 is 0 Å². The highest BCUT2D eigenvalue weighted by molar-refractivity contribution is 5.23. The molecule has 0 amide bonds.